The number of hydrogen-bond acceptors (Lipinski definition) is 6. The van der Waals surface area contributed by atoms with Gasteiger partial charge in [0, 0.05) is 36.5 Å². The molecule has 1 aromatic heterocycles. The van der Waals surface area contributed by atoms with E-state index in [9.17, 15) is 0 Å². The molecule has 0 spiro atoms. The first-order valence-corrected chi connectivity index (χ1v) is 10.6. The molecule has 3 atom stereocenters. The van der Waals surface area contributed by atoms with Crippen LogP contribution in [0.2, 0.25) is 0 Å². The predicted molar refractivity (Wildman–Crippen MR) is 99.7 cm³/mol. The minimum Gasteiger partial charge on any atom is -0.454 e. The molecule has 26 heavy (non-hydrogen) atoms. The summed E-state index contributed by atoms with van der Waals surface area (Å²) in [4.78, 5) is 10.0. The molecular formula is C20H23N3O2S. The van der Waals surface area contributed by atoms with Gasteiger partial charge in [-0.1, -0.05) is 6.07 Å². The fourth-order valence-electron chi connectivity index (χ4n) is 5.68. The molecule has 1 aromatic carbocycles. The molecule has 6 heteroatoms. The van der Waals surface area contributed by atoms with Crippen molar-refractivity contribution in [3.05, 3.63) is 40.3 Å². The fourth-order valence-corrected chi connectivity index (χ4v) is 6.23. The van der Waals surface area contributed by atoms with E-state index in [-0.39, 0.29) is 0 Å². The Morgan fingerprint density at radius 2 is 2.00 bits per heavy atom. The maximum absolute atomic E-state index is 5.65. The lowest BCUT2D eigenvalue weighted by Gasteiger charge is -2.51. The molecule has 2 bridgehead atoms. The Hall–Kier alpha value is -1.63. The predicted octanol–water partition coefficient (Wildman–Crippen LogP) is 2.93. The molecule has 4 saturated heterocycles. The van der Waals surface area contributed by atoms with Gasteiger partial charge in [-0.25, -0.2) is 4.98 Å². The van der Waals surface area contributed by atoms with Crippen LogP contribution in [0.4, 0.5) is 0 Å². The summed E-state index contributed by atoms with van der Waals surface area (Å²) < 4.78 is 11.2. The molecule has 0 aliphatic carbocycles. The highest BCUT2D eigenvalue weighted by Gasteiger charge is 2.53. The zero-order chi connectivity index (χ0) is 17.1. The second kappa shape index (κ2) is 5.94. The second-order valence-corrected chi connectivity index (χ2v) is 8.70. The molecule has 0 N–H and O–H groups in total. The summed E-state index contributed by atoms with van der Waals surface area (Å²) in [5.74, 6) is 3.17. The normalized spacial score (nSPS) is 35.0. The Morgan fingerprint density at radius 1 is 1.12 bits per heavy atom. The lowest BCUT2D eigenvalue weighted by Crippen LogP contribution is -2.59. The van der Waals surface area contributed by atoms with Crippen molar-refractivity contribution in [1.29, 1.82) is 0 Å². The lowest BCUT2D eigenvalue weighted by molar-refractivity contribution is -0.00894. The third kappa shape index (κ3) is 2.32. The number of nitrogens with zero attached hydrogens (tertiary/aromatic N) is 3. The minimum absolute atomic E-state index is 0.347. The van der Waals surface area contributed by atoms with Gasteiger partial charge in [0.15, 0.2) is 11.5 Å². The zero-order valence-corrected chi connectivity index (χ0v) is 15.5. The number of fused-ring (bicyclic) bond motifs is 3. The Kier molecular flexibility index (Phi) is 3.53. The first-order valence-electron chi connectivity index (χ1n) is 9.61. The number of aromatic nitrogens is 1. The quantitative estimate of drug-likeness (QED) is 0.832. The van der Waals surface area contributed by atoms with Gasteiger partial charge in [0.2, 0.25) is 6.79 Å². The molecule has 5 aliphatic rings. The van der Waals surface area contributed by atoms with E-state index in [4.69, 9.17) is 9.47 Å². The molecule has 4 fully saturated rings. The van der Waals surface area contributed by atoms with Gasteiger partial charge in [-0.2, -0.15) is 0 Å². The molecule has 6 heterocycles. The molecule has 136 valence electrons. The van der Waals surface area contributed by atoms with Gasteiger partial charge in [0.25, 0.3) is 0 Å². The Labute approximate surface area is 157 Å². The van der Waals surface area contributed by atoms with E-state index < -0.39 is 0 Å². The second-order valence-electron chi connectivity index (χ2n) is 7.98. The highest BCUT2D eigenvalue weighted by molar-refractivity contribution is 7.07. The van der Waals surface area contributed by atoms with Crippen LogP contribution in [0.3, 0.4) is 0 Å². The first kappa shape index (κ1) is 15.4. The van der Waals surface area contributed by atoms with Crippen molar-refractivity contribution in [3.63, 3.8) is 0 Å². The number of thiazole rings is 1. The van der Waals surface area contributed by atoms with Crippen LogP contribution in [-0.4, -0.2) is 53.3 Å². The molecule has 0 unspecified atom stereocenters. The van der Waals surface area contributed by atoms with E-state index in [1.54, 1.807) is 11.3 Å². The molecule has 0 saturated carbocycles. The van der Waals surface area contributed by atoms with E-state index in [1.165, 1.54) is 37.2 Å². The molecule has 0 amide bonds. The Balaban J connectivity index is 1.36. The number of rotatable bonds is 3. The number of ether oxygens (including phenoxy) is 2. The van der Waals surface area contributed by atoms with Gasteiger partial charge < -0.3 is 9.47 Å². The summed E-state index contributed by atoms with van der Waals surface area (Å²) >= 11 is 1.70. The third-order valence-corrected chi connectivity index (χ3v) is 7.40. The maximum Gasteiger partial charge on any atom is 0.231 e. The van der Waals surface area contributed by atoms with Crippen molar-refractivity contribution < 1.29 is 9.47 Å². The average molecular weight is 369 g/mol. The molecule has 7 rings (SSSR count). The van der Waals surface area contributed by atoms with Crippen molar-refractivity contribution in [1.82, 2.24) is 14.8 Å². The fraction of sp³-hybridized carbons (Fsp3) is 0.550. The van der Waals surface area contributed by atoms with Gasteiger partial charge in [-0.05, 0) is 49.5 Å². The van der Waals surface area contributed by atoms with E-state index >= 15 is 0 Å². The van der Waals surface area contributed by atoms with Gasteiger partial charge in [-0.15, -0.1) is 11.3 Å². The number of benzene rings is 1. The minimum atomic E-state index is 0.347. The van der Waals surface area contributed by atoms with E-state index in [1.807, 2.05) is 5.51 Å². The van der Waals surface area contributed by atoms with Gasteiger partial charge >= 0.3 is 0 Å². The topological polar surface area (TPSA) is 37.8 Å². The van der Waals surface area contributed by atoms with Gasteiger partial charge in [0.1, 0.15) is 0 Å². The summed E-state index contributed by atoms with van der Waals surface area (Å²) in [5.41, 5.74) is 4.57. The lowest BCUT2D eigenvalue weighted by atomic mass is 9.75. The van der Waals surface area contributed by atoms with E-state index in [0.29, 0.717) is 24.8 Å². The summed E-state index contributed by atoms with van der Waals surface area (Å²) in [6.45, 7) is 4.96. The van der Waals surface area contributed by atoms with Crippen molar-refractivity contribution in [3.8, 4) is 11.5 Å². The van der Waals surface area contributed by atoms with Crippen LogP contribution in [0, 0.1) is 5.92 Å². The highest BCUT2D eigenvalue weighted by Crippen LogP contribution is 2.48. The van der Waals surface area contributed by atoms with Crippen molar-refractivity contribution in [2.45, 2.75) is 37.4 Å². The van der Waals surface area contributed by atoms with E-state index in [0.717, 1.165) is 30.5 Å². The van der Waals surface area contributed by atoms with Crippen LogP contribution in [0.25, 0.3) is 0 Å². The van der Waals surface area contributed by atoms with Crippen LogP contribution in [-0.2, 0) is 6.54 Å². The number of likely N-dealkylation sites (tertiary alicyclic amines) is 1. The first-order chi connectivity index (χ1) is 12.9. The molecule has 2 aromatic rings. The smallest absolute Gasteiger partial charge is 0.231 e. The number of hydrogen-bond donors (Lipinski definition) is 0. The third-order valence-electron chi connectivity index (χ3n) is 6.77. The Morgan fingerprint density at radius 3 is 2.85 bits per heavy atom. The maximum atomic E-state index is 5.65. The Bertz CT molecular complexity index is 803. The summed E-state index contributed by atoms with van der Waals surface area (Å²) in [7, 11) is 0. The summed E-state index contributed by atoms with van der Waals surface area (Å²) in [6, 6.07) is 7.85. The molecule has 5 nitrogen and oxygen atoms in total. The standard InChI is InChI=1S/C20H23N3O2S/c1-2-17-18(25-12-24-17)7-14(1)16-9-23(8-15-10-26-11-21-15)19-13-3-5-22(6-4-13)20(16)19/h1-2,7,10-11,13,16,19-20H,3-6,8-9,12H2/t16-,19-,20-/m1/s1. The van der Waals surface area contributed by atoms with Crippen molar-refractivity contribution >= 4 is 11.3 Å². The van der Waals surface area contributed by atoms with Crippen LogP contribution in [0.15, 0.2) is 29.1 Å². The van der Waals surface area contributed by atoms with Crippen LogP contribution < -0.4 is 9.47 Å². The van der Waals surface area contributed by atoms with Crippen LogP contribution in [0.1, 0.15) is 30.0 Å². The van der Waals surface area contributed by atoms with E-state index in [2.05, 4.69) is 38.4 Å². The van der Waals surface area contributed by atoms with Gasteiger partial charge in [0.05, 0.1) is 11.2 Å². The SMILES string of the molecule is c1nc(CN2C[C@H](c3ccc4c(c3)OCO4)[C@@H]3[C@H]2C2CCN3CC2)cs1. The zero-order valence-electron chi connectivity index (χ0n) is 14.7. The van der Waals surface area contributed by atoms with Crippen LogP contribution in [0.5, 0.6) is 11.5 Å². The highest BCUT2D eigenvalue weighted by atomic mass is 32.1. The molecule has 0 radical (unpaired) electrons. The van der Waals surface area contributed by atoms with Crippen LogP contribution >= 0.6 is 11.3 Å². The largest absolute Gasteiger partial charge is 0.454 e. The van der Waals surface area contributed by atoms with Gasteiger partial charge in [-0.3, -0.25) is 9.80 Å². The molecular weight excluding hydrogens is 346 g/mol. The monoisotopic (exact) mass is 369 g/mol. The number of piperidine rings is 3. The van der Waals surface area contributed by atoms with Crippen molar-refractivity contribution in [2.75, 3.05) is 26.4 Å². The average Bonchev–Trinajstić information content (AvgIpc) is 3.43. The van der Waals surface area contributed by atoms with Crippen molar-refractivity contribution in [2.24, 2.45) is 5.92 Å². The summed E-state index contributed by atoms with van der Waals surface area (Å²) in [6.07, 6.45) is 2.70. The molecule has 5 aliphatic heterocycles. The summed E-state index contributed by atoms with van der Waals surface area (Å²) in [5, 5.41) is 2.20.